The Bertz CT molecular complexity index is 965. The molecule has 0 aliphatic carbocycles. The van der Waals surface area contributed by atoms with E-state index < -0.39 is 11.6 Å². The minimum atomic E-state index is -0.624. The highest BCUT2D eigenvalue weighted by atomic mass is 35.5. The van der Waals surface area contributed by atoms with Gasteiger partial charge in [0.15, 0.2) is 23.6 Å². The van der Waals surface area contributed by atoms with Crippen molar-refractivity contribution < 1.29 is 18.7 Å². The predicted octanol–water partition coefficient (Wildman–Crippen LogP) is 4.32. The third-order valence-corrected chi connectivity index (χ3v) is 3.98. The van der Waals surface area contributed by atoms with Crippen molar-refractivity contribution in [3.05, 3.63) is 82.4 Å². The normalized spacial score (nSPS) is 10.5. The molecule has 0 atom stereocenters. The van der Waals surface area contributed by atoms with Crippen molar-refractivity contribution in [3.63, 3.8) is 0 Å². The number of methoxy groups -OCH3 is 1. The lowest BCUT2D eigenvalue weighted by Crippen LogP contribution is -2.09. The number of ether oxygens (including phenoxy) is 1. The number of rotatable bonds is 5. The van der Waals surface area contributed by atoms with Gasteiger partial charge in [0.1, 0.15) is 0 Å². The summed E-state index contributed by atoms with van der Waals surface area (Å²) in [6, 6.07) is 10.6. The third-order valence-electron chi connectivity index (χ3n) is 3.75. The zero-order valence-corrected chi connectivity index (χ0v) is 14.0. The molecule has 0 aliphatic heterocycles. The molecule has 0 amide bonds. The molecule has 0 saturated heterocycles. The zero-order valence-electron chi connectivity index (χ0n) is 13.2. The first-order valence-corrected chi connectivity index (χ1v) is 7.73. The fourth-order valence-corrected chi connectivity index (χ4v) is 2.76. The highest BCUT2D eigenvalue weighted by Gasteiger charge is 2.21. The van der Waals surface area contributed by atoms with E-state index in [1.807, 2.05) is 0 Å². The van der Waals surface area contributed by atoms with Gasteiger partial charge in [0.05, 0.1) is 18.4 Å². The van der Waals surface area contributed by atoms with E-state index in [2.05, 4.69) is 0 Å². The van der Waals surface area contributed by atoms with Crippen LogP contribution in [0.5, 0.6) is 5.75 Å². The number of carbonyl (C=O) groups excluding carboxylic acids is 2. The van der Waals surface area contributed by atoms with E-state index in [4.69, 9.17) is 16.3 Å². The van der Waals surface area contributed by atoms with Gasteiger partial charge in [-0.3, -0.25) is 9.59 Å². The SMILES string of the molecule is COc1c(F)cccc1C(=O)c1cc(Cl)ccc1-n1ccc(C=O)c1. The van der Waals surface area contributed by atoms with Crippen LogP contribution >= 0.6 is 11.6 Å². The van der Waals surface area contributed by atoms with E-state index in [0.29, 0.717) is 22.6 Å². The van der Waals surface area contributed by atoms with Gasteiger partial charge in [0.25, 0.3) is 0 Å². The topological polar surface area (TPSA) is 48.3 Å². The number of nitrogens with zero attached hydrogens (tertiary/aromatic N) is 1. The van der Waals surface area contributed by atoms with Crippen LogP contribution in [-0.4, -0.2) is 23.7 Å². The van der Waals surface area contributed by atoms with E-state index in [1.54, 1.807) is 35.2 Å². The Kier molecular flexibility index (Phi) is 4.67. The summed E-state index contributed by atoms with van der Waals surface area (Å²) in [5, 5.41) is 0.366. The van der Waals surface area contributed by atoms with E-state index >= 15 is 0 Å². The Balaban J connectivity index is 2.17. The molecule has 3 rings (SSSR count). The summed E-state index contributed by atoms with van der Waals surface area (Å²) in [6.07, 6.45) is 3.96. The van der Waals surface area contributed by atoms with E-state index in [9.17, 15) is 14.0 Å². The number of ketones is 1. The van der Waals surface area contributed by atoms with Gasteiger partial charge in [-0.05, 0) is 36.4 Å². The van der Waals surface area contributed by atoms with Crippen LogP contribution in [0.2, 0.25) is 5.02 Å². The van der Waals surface area contributed by atoms with E-state index in [-0.39, 0.29) is 16.9 Å². The van der Waals surface area contributed by atoms with Crippen LogP contribution in [0.15, 0.2) is 54.9 Å². The molecule has 1 heterocycles. The molecule has 3 aromatic rings. The maximum atomic E-state index is 13.9. The lowest BCUT2D eigenvalue weighted by molar-refractivity contribution is 0.103. The van der Waals surface area contributed by atoms with Crippen LogP contribution in [0.4, 0.5) is 4.39 Å². The molecule has 0 saturated carbocycles. The first-order chi connectivity index (χ1) is 12.0. The van der Waals surface area contributed by atoms with Gasteiger partial charge in [-0.25, -0.2) is 4.39 Å². The van der Waals surface area contributed by atoms with Crippen LogP contribution in [0.25, 0.3) is 5.69 Å². The summed E-state index contributed by atoms with van der Waals surface area (Å²) in [4.78, 5) is 23.9. The molecule has 4 nitrogen and oxygen atoms in total. The predicted molar refractivity (Wildman–Crippen MR) is 92.6 cm³/mol. The largest absolute Gasteiger partial charge is 0.493 e. The van der Waals surface area contributed by atoms with E-state index in [1.165, 1.54) is 31.4 Å². The summed E-state index contributed by atoms with van der Waals surface area (Å²) in [5.41, 5.74) is 1.35. The highest BCUT2D eigenvalue weighted by molar-refractivity contribution is 6.31. The maximum absolute atomic E-state index is 13.9. The lowest BCUT2D eigenvalue weighted by atomic mass is 10.0. The molecular formula is C19H13ClFNO3. The van der Waals surface area contributed by atoms with Crippen molar-refractivity contribution in [3.8, 4) is 11.4 Å². The molecule has 6 heteroatoms. The van der Waals surface area contributed by atoms with Gasteiger partial charge in [-0.15, -0.1) is 0 Å². The number of aromatic nitrogens is 1. The van der Waals surface area contributed by atoms with Gasteiger partial charge in [0.2, 0.25) is 0 Å². The molecule has 0 fully saturated rings. The Morgan fingerprint density at radius 2 is 2.00 bits per heavy atom. The second-order valence-electron chi connectivity index (χ2n) is 5.28. The number of carbonyl (C=O) groups is 2. The number of halogens is 2. The molecule has 0 unspecified atom stereocenters. The Morgan fingerprint density at radius 3 is 2.68 bits per heavy atom. The number of para-hydroxylation sites is 1. The average molecular weight is 358 g/mol. The van der Waals surface area contributed by atoms with Gasteiger partial charge >= 0.3 is 0 Å². The van der Waals surface area contributed by atoms with Gasteiger partial charge in [-0.1, -0.05) is 17.7 Å². The van der Waals surface area contributed by atoms with Crippen LogP contribution in [0.3, 0.4) is 0 Å². The number of aldehydes is 1. The summed E-state index contributed by atoms with van der Waals surface area (Å²) >= 11 is 6.05. The number of benzene rings is 2. The van der Waals surface area contributed by atoms with Crippen molar-refractivity contribution in [2.45, 2.75) is 0 Å². The summed E-state index contributed by atoms with van der Waals surface area (Å²) in [5.74, 6) is -1.18. The van der Waals surface area contributed by atoms with Crippen molar-refractivity contribution in [2.75, 3.05) is 7.11 Å². The summed E-state index contributed by atoms with van der Waals surface area (Å²) in [6.45, 7) is 0. The highest BCUT2D eigenvalue weighted by Crippen LogP contribution is 2.29. The van der Waals surface area contributed by atoms with Crippen molar-refractivity contribution in [2.24, 2.45) is 0 Å². The van der Waals surface area contributed by atoms with E-state index in [0.717, 1.165) is 0 Å². The van der Waals surface area contributed by atoms with Crippen LogP contribution in [-0.2, 0) is 0 Å². The monoisotopic (exact) mass is 357 g/mol. The Hall–Kier alpha value is -2.92. The molecule has 25 heavy (non-hydrogen) atoms. The molecule has 2 aromatic carbocycles. The van der Waals surface area contributed by atoms with Crippen molar-refractivity contribution in [1.29, 1.82) is 0 Å². The Labute approximate surface area is 148 Å². The third kappa shape index (κ3) is 3.19. The quantitative estimate of drug-likeness (QED) is 0.504. The standard InChI is InChI=1S/C19H13ClFNO3/c1-25-19-14(3-2-4-16(19)21)18(24)15-9-13(20)5-6-17(15)22-8-7-12(10-22)11-23/h2-11H,1H3. The maximum Gasteiger partial charge on any atom is 0.199 e. The Morgan fingerprint density at radius 1 is 1.20 bits per heavy atom. The van der Waals surface area contributed by atoms with Crippen LogP contribution in [0.1, 0.15) is 26.3 Å². The second-order valence-corrected chi connectivity index (χ2v) is 5.72. The van der Waals surface area contributed by atoms with Crippen LogP contribution in [0, 0.1) is 5.82 Å². The molecule has 0 aliphatic rings. The molecule has 0 bridgehead atoms. The van der Waals surface area contributed by atoms with Crippen molar-refractivity contribution in [1.82, 2.24) is 4.57 Å². The summed E-state index contributed by atoms with van der Waals surface area (Å²) in [7, 11) is 1.30. The molecule has 0 radical (unpaired) electrons. The minimum absolute atomic E-state index is 0.0915. The minimum Gasteiger partial charge on any atom is -0.493 e. The first kappa shape index (κ1) is 16.9. The second kappa shape index (κ2) is 6.91. The smallest absolute Gasteiger partial charge is 0.199 e. The fraction of sp³-hybridized carbons (Fsp3) is 0.0526. The fourth-order valence-electron chi connectivity index (χ4n) is 2.59. The molecule has 0 spiro atoms. The average Bonchev–Trinajstić information content (AvgIpc) is 3.09. The molecular weight excluding hydrogens is 345 g/mol. The number of hydrogen-bond donors (Lipinski definition) is 0. The van der Waals surface area contributed by atoms with Crippen LogP contribution < -0.4 is 4.74 Å². The summed E-state index contributed by atoms with van der Waals surface area (Å²) < 4.78 is 20.6. The molecule has 0 N–H and O–H groups in total. The van der Waals surface area contributed by atoms with Gasteiger partial charge in [-0.2, -0.15) is 0 Å². The molecule has 1 aromatic heterocycles. The first-order valence-electron chi connectivity index (χ1n) is 7.35. The van der Waals surface area contributed by atoms with Gasteiger partial charge < -0.3 is 9.30 Å². The van der Waals surface area contributed by atoms with Gasteiger partial charge in [0, 0.05) is 28.5 Å². The van der Waals surface area contributed by atoms with Crippen molar-refractivity contribution >= 4 is 23.7 Å². The zero-order chi connectivity index (χ0) is 18.0. The number of hydrogen-bond acceptors (Lipinski definition) is 3. The molecule has 126 valence electrons. The lowest BCUT2D eigenvalue weighted by Gasteiger charge is -2.13.